The Hall–Kier alpha value is -1.09. The number of hydrogen-bond donors (Lipinski definition) is 1. The van der Waals surface area contributed by atoms with Gasteiger partial charge in [-0.2, -0.15) is 0 Å². The zero-order valence-electron chi connectivity index (χ0n) is 11.3. The Morgan fingerprint density at radius 3 is 2.67 bits per heavy atom. The van der Waals surface area contributed by atoms with Crippen molar-refractivity contribution in [3.63, 3.8) is 0 Å². The molecule has 1 aromatic heterocycles. The molecule has 1 saturated carbocycles. The van der Waals surface area contributed by atoms with E-state index in [-0.39, 0.29) is 0 Å². The first-order valence-electron chi connectivity index (χ1n) is 7.05. The van der Waals surface area contributed by atoms with Crippen molar-refractivity contribution in [2.24, 2.45) is 5.92 Å². The van der Waals surface area contributed by atoms with Crippen molar-refractivity contribution < 1.29 is 5.11 Å². The van der Waals surface area contributed by atoms with Crippen LogP contribution in [0.3, 0.4) is 0 Å². The van der Waals surface area contributed by atoms with Gasteiger partial charge in [-0.1, -0.05) is 19.9 Å². The van der Waals surface area contributed by atoms with Crippen LogP contribution in [0.5, 0.6) is 0 Å². The van der Waals surface area contributed by atoms with Crippen LogP contribution in [0.1, 0.15) is 44.6 Å². The van der Waals surface area contributed by atoms with E-state index in [0.29, 0.717) is 11.8 Å². The molecular weight excluding hydrogens is 224 g/mol. The zero-order chi connectivity index (χ0) is 12.8. The molecule has 1 unspecified atom stereocenters. The van der Waals surface area contributed by atoms with Gasteiger partial charge in [0, 0.05) is 6.20 Å². The second kappa shape index (κ2) is 4.23. The summed E-state index contributed by atoms with van der Waals surface area (Å²) in [5.41, 5.74) is 0.885. The van der Waals surface area contributed by atoms with Gasteiger partial charge in [0.1, 0.15) is 11.4 Å². The molecule has 3 rings (SSSR count). The summed E-state index contributed by atoms with van der Waals surface area (Å²) in [5.74, 6) is 2.13. The highest BCUT2D eigenvalue weighted by atomic mass is 16.3. The molecule has 1 saturated heterocycles. The van der Waals surface area contributed by atoms with Crippen molar-refractivity contribution in [2.45, 2.75) is 44.6 Å². The molecule has 3 heteroatoms. The zero-order valence-corrected chi connectivity index (χ0v) is 11.3. The van der Waals surface area contributed by atoms with Crippen molar-refractivity contribution in [2.75, 3.05) is 18.0 Å². The lowest BCUT2D eigenvalue weighted by Gasteiger charge is -2.47. The summed E-state index contributed by atoms with van der Waals surface area (Å²) in [4.78, 5) is 6.71. The Labute approximate surface area is 109 Å². The highest BCUT2D eigenvalue weighted by Gasteiger charge is 2.52. The maximum Gasteiger partial charge on any atom is 0.128 e. The number of nitrogens with zero attached hydrogens (tertiary/aromatic N) is 2. The minimum Gasteiger partial charge on any atom is -0.386 e. The van der Waals surface area contributed by atoms with E-state index in [4.69, 9.17) is 0 Å². The number of hydrogen-bond acceptors (Lipinski definition) is 3. The van der Waals surface area contributed by atoms with Crippen molar-refractivity contribution in [1.29, 1.82) is 0 Å². The molecule has 1 aliphatic heterocycles. The van der Waals surface area contributed by atoms with Crippen LogP contribution in [0.25, 0.3) is 0 Å². The maximum atomic E-state index is 10.3. The van der Waals surface area contributed by atoms with E-state index in [2.05, 4.69) is 35.9 Å². The van der Waals surface area contributed by atoms with Crippen LogP contribution in [0.15, 0.2) is 18.3 Å². The first-order valence-corrected chi connectivity index (χ1v) is 7.05. The Kier molecular flexibility index (Phi) is 2.81. The van der Waals surface area contributed by atoms with E-state index in [0.717, 1.165) is 25.3 Å². The fourth-order valence-corrected chi connectivity index (χ4v) is 2.77. The van der Waals surface area contributed by atoms with E-state index in [1.54, 1.807) is 0 Å². The lowest BCUT2D eigenvalue weighted by molar-refractivity contribution is -0.00974. The van der Waals surface area contributed by atoms with Gasteiger partial charge in [-0.3, -0.25) is 0 Å². The molecule has 3 nitrogen and oxygen atoms in total. The van der Waals surface area contributed by atoms with Gasteiger partial charge in [0.05, 0.1) is 13.1 Å². The first-order chi connectivity index (χ1) is 8.62. The fourth-order valence-electron chi connectivity index (χ4n) is 2.77. The van der Waals surface area contributed by atoms with Gasteiger partial charge in [-0.05, 0) is 42.7 Å². The minimum atomic E-state index is -0.420. The Morgan fingerprint density at radius 1 is 1.44 bits per heavy atom. The van der Waals surface area contributed by atoms with Gasteiger partial charge in [0.25, 0.3) is 0 Å². The lowest BCUT2D eigenvalue weighted by Crippen LogP contribution is -2.63. The summed E-state index contributed by atoms with van der Waals surface area (Å²) in [6.45, 7) is 5.94. The van der Waals surface area contributed by atoms with Crippen LogP contribution in [0, 0.1) is 5.92 Å². The number of pyridine rings is 1. The maximum absolute atomic E-state index is 10.3. The molecule has 2 heterocycles. The molecule has 1 aliphatic carbocycles. The topological polar surface area (TPSA) is 36.4 Å². The smallest absolute Gasteiger partial charge is 0.128 e. The van der Waals surface area contributed by atoms with Gasteiger partial charge < -0.3 is 10.0 Å². The number of aliphatic hydroxyl groups is 1. The lowest BCUT2D eigenvalue weighted by atomic mass is 9.88. The second-order valence-electron chi connectivity index (χ2n) is 5.99. The molecule has 0 bridgehead atoms. The third kappa shape index (κ3) is 2.01. The average molecular weight is 246 g/mol. The quantitative estimate of drug-likeness (QED) is 0.887. The standard InChI is InChI=1S/C15H22N2O/c1-3-11(2)12-4-7-14(16-8-12)17-9-15(18,10-17)13-5-6-13/h4,7-8,11,13,18H,3,5-6,9-10H2,1-2H3. The molecule has 2 aliphatic rings. The van der Waals surface area contributed by atoms with Crippen LogP contribution in [-0.4, -0.2) is 28.8 Å². The van der Waals surface area contributed by atoms with Gasteiger partial charge >= 0.3 is 0 Å². The summed E-state index contributed by atoms with van der Waals surface area (Å²) >= 11 is 0. The second-order valence-corrected chi connectivity index (χ2v) is 5.99. The van der Waals surface area contributed by atoms with Gasteiger partial charge in [0.15, 0.2) is 0 Å². The summed E-state index contributed by atoms with van der Waals surface area (Å²) in [6, 6.07) is 4.26. The molecule has 98 valence electrons. The molecule has 1 atom stereocenters. The van der Waals surface area contributed by atoms with Crippen LogP contribution in [-0.2, 0) is 0 Å². The highest BCUT2D eigenvalue weighted by Crippen LogP contribution is 2.45. The minimum absolute atomic E-state index is 0.420. The molecule has 2 fully saturated rings. The van der Waals surface area contributed by atoms with E-state index < -0.39 is 5.60 Å². The van der Waals surface area contributed by atoms with Crippen molar-refractivity contribution in [3.05, 3.63) is 23.9 Å². The fraction of sp³-hybridized carbons (Fsp3) is 0.667. The van der Waals surface area contributed by atoms with Crippen molar-refractivity contribution in [3.8, 4) is 0 Å². The van der Waals surface area contributed by atoms with Crippen molar-refractivity contribution >= 4 is 5.82 Å². The predicted octanol–water partition coefficient (Wildman–Crippen LogP) is 2.56. The molecule has 0 aromatic carbocycles. The first kappa shape index (κ1) is 12.0. The number of aromatic nitrogens is 1. The van der Waals surface area contributed by atoms with Crippen molar-refractivity contribution in [1.82, 2.24) is 4.98 Å². The Morgan fingerprint density at radius 2 is 2.17 bits per heavy atom. The molecule has 1 aromatic rings. The average Bonchev–Trinajstić information content (AvgIpc) is 3.19. The number of rotatable bonds is 4. The predicted molar refractivity (Wildman–Crippen MR) is 72.8 cm³/mol. The van der Waals surface area contributed by atoms with Crippen LogP contribution in [0.4, 0.5) is 5.82 Å². The molecule has 0 spiro atoms. The monoisotopic (exact) mass is 246 g/mol. The van der Waals surface area contributed by atoms with E-state index >= 15 is 0 Å². The molecule has 0 amide bonds. The van der Waals surface area contributed by atoms with E-state index in [1.165, 1.54) is 18.4 Å². The van der Waals surface area contributed by atoms with E-state index in [9.17, 15) is 5.11 Å². The summed E-state index contributed by atoms with van der Waals surface area (Å²) < 4.78 is 0. The summed E-state index contributed by atoms with van der Waals surface area (Å²) in [5, 5.41) is 10.3. The molecule has 18 heavy (non-hydrogen) atoms. The summed E-state index contributed by atoms with van der Waals surface area (Å²) in [6.07, 6.45) is 5.53. The number of β-amino-alcohol motifs (C(OH)–C–C–N with tert-alkyl or cyclic N) is 1. The van der Waals surface area contributed by atoms with Crippen LogP contribution >= 0.6 is 0 Å². The Bertz CT molecular complexity index is 419. The Balaban J connectivity index is 1.64. The highest BCUT2D eigenvalue weighted by molar-refractivity contribution is 5.45. The summed E-state index contributed by atoms with van der Waals surface area (Å²) in [7, 11) is 0. The number of anilines is 1. The third-order valence-electron chi connectivity index (χ3n) is 4.54. The van der Waals surface area contributed by atoms with Gasteiger partial charge in [0.2, 0.25) is 0 Å². The SMILES string of the molecule is CCC(C)c1ccc(N2CC(O)(C3CC3)C2)nc1. The van der Waals surface area contributed by atoms with Gasteiger partial charge in [-0.25, -0.2) is 4.98 Å². The molecular formula is C15H22N2O. The van der Waals surface area contributed by atoms with Crippen LogP contribution < -0.4 is 4.90 Å². The largest absolute Gasteiger partial charge is 0.386 e. The molecule has 0 radical (unpaired) electrons. The van der Waals surface area contributed by atoms with Gasteiger partial charge in [-0.15, -0.1) is 0 Å². The molecule has 1 N–H and O–H groups in total. The van der Waals surface area contributed by atoms with Crippen LogP contribution in [0.2, 0.25) is 0 Å². The van der Waals surface area contributed by atoms with E-state index in [1.807, 2.05) is 6.20 Å². The normalized spacial score (nSPS) is 23.6. The third-order valence-corrected chi connectivity index (χ3v) is 4.54.